The van der Waals surface area contributed by atoms with Crippen LogP contribution in [0.1, 0.15) is 23.0 Å². The first-order chi connectivity index (χ1) is 11.1. The highest BCUT2D eigenvalue weighted by molar-refractivity contribution is 5.99. The Morgan fingerprint density at radius 3 is 3.09 bits per heavy atom. The standard InChI is InChI=1S/C16H16N4O3/c1-10(6-12-8-17-4-5-18-12)19-16(22)11-2-3-13-14(7-11)23-9-15(21)20-13/h2-5,7-8,10H,6,9H2,1H3,(H,19,22)(H,20,21). The average molecular weight is 312 g/mol. The second-order valence-electron chi connectivity index (χ2n) is 5.32. The molecule has 1 aliphatic heterocycles. The summed E-state index contributed by atoms with van der Waals surface area (Å²) < 4.78 is 5.32. The van der Waals surface area contributed by atoms with Gasteiger partial charge in [0.25, 0.3) is 11.8 Å². The number of benzene rings is 1. The van der Waals surface area contributed by atoms with Crippen LogP contribution in [0.25, 0.3) is 0 Å². The largest absolute Gasteiger partial charge is 0.482 e. The van der Waals surface area contributed by atoms with Gasteiger partial charge in [0.2, 0.25) is 0 Å². The van der Waals surface area contributed by atoms with Gasteiger partial charge in [0.1, 0.15) is 5.75 Å². The van der Waals surface area contributed by atoms with Gasteiger partial charge < -0.3 is 15.4 Å². The van der Waals surface area contributed by atoms with Crippen LogP contribution < -0.4 is 15.4 Å². The predicted molar refractivity (Wildman–Crippen MR) is 83.2 cm³/mol. The normalized spacial score (nSPS) is 14.2. The van der Waals surface area contributed by atoms with Crippen LogP contribution in [0.15, 0.2) is 36.8 Å². The minimum absolute atomic E-state index is 0.0405. The van der Waals surface area contributed by atoms with Crippen molar-refractivity contribution in [3.05, 3.63) is 48.0 Å². The van der Waals surface area contributed by atoms with E-state index in [0.717, 1.165) is 5.69 Å². The van der Waals surface area contributed by atoms with Crippen LogP contribution in [-0.2, 0) is 11.2 Å². The van der Waals surface area contributed by atoms with Gasteiger partial charge in [-0.3, -0.25) is 19.6 Å². The maximum Gasteiger partial charge on any atom is 0.262 e. The maximum absolute atomic E-state index is 12.3. The van der Waals surface area contributed by atoms with Gasteiger partial charge in [-0.05, 0) is 25.1 Å². The van der Waals surface area contributed by atoms with Crippen molar-refractivity contribution in [3.8, 4) is 5.75 Å². The Bertz CT molecular complexity index is 733. The van der Waals surface area contributed by atoms with E-state index in [2.05, 4.69) is 20.6 Å². The summed E-state index contributed by atoms with van der Waals surface area (Å²) in [6.45, 7) is 1.86. The first-order valence-corrected chi connectivity index (χ1v) is 7.24. The van der Waals surface area contributed by atoms with E-state index in [9.17, 15) is 9.59 Å². The highest BCUT2D eigenvalue weighted by Gasteiger charge is 2.18. The van der Waals surface area contributed by atoms with E-state index >= 15 is 0 Å². The van der Waals surface area contributed by atoms with Gasteiger partial charge >= 0.3 is 0 Å². The van der Waals surface area contributed by atoms with E-state index < -0.39 is 0 Å². The van der Waals surface area contributed by atoms with Crippen LogP contribution in [0, 0.1) is 0 Å². The molecule has 0 saturated heterocycles. The summed E-state index contributed by atoms with van der Waals surface area (Å²) in [7, 11) is 0. The van der Waals surface area contributed by atoms with E-state index in [-0.39, 0.29) is 24.5 Å². The number of nitrogens with zero attached hydrogens (tertiary/aromatic N) is 2. The fourth-order valence-electron chi connectivity index (χ4n) is 2.32. The van der Waals surface area contributed by atoms with Gasteiger partial charge in [-0.15, -0.1) is 0 Å². The van der Waals surface area contributed by atoms with E-state index in [1.165, 1.54) is 0 Å². The molecule has 2 aromatic rings. The van der Waals surface area contributed by atoms with Crippen LogP contribution in [0.3, 0.4) is 0 Å². The third kappa shape index (κ3) is 3.63. The number of hydrogen-bond donors (Lipinski definition) is 2. The lowest BCUT2D eigenvalue weighted by molar-refractivity contribution is -0.118. The third-order valence-corrected chi connectivity index (χ3v) is 3.39. The molecule has 3 rings (SSSR count). The van der Waals surface area contributed by atoms with Crippen LogP contribution in [0.5, 0.6) is 5.75 Å². The van der Waals surface area contributed by atoms with Crippen molar-refractivity contribution >= 4 is 17.5 Å². The number of aromatic nitrogens is 2. The molecule has 1 aromatic heterocycles. The van der Waals surface area contributed by atoms with Crippen LogP contribution >= 0.6 is 0 Å². The Labute approximate surface area is 133 Å². The molecule has 1 atom stereocenters. The lowest BCUT2D eigenvalue weighted by Gasteiger charge is -2.19. The molecule has 7 heteroatoms. The maximum atomic E-state index is 12.3. The average Bonchev–Trinajstić information content (AvgIpc) is 2.55. The Balaban J connectivity index is 1.65. The first-order valence-electron chi connectivity index (χ1n) is 7.24. The summed E-state index contributed by atoms with van der Waals surface area (Å²) in [5.74, 6) is 0.0933. The van der Waals surface area contributed by atoms with Crippen LogP contribution in [-0.4, -0.2) is 34.4 Å². The molecule has 0 radical (unpaired) electrons. The summed E-state index contributed by atoms with van der Waals surface area (Å²) in [5, 5.41) is 5.60. The number of fused-ring (bicyclic) bond motifs is 1. The highest BCUT2D eigenvalue weighted by Crippen LogP contribution is 2.28. The van der Waals surface area contributed by atoms with Crippen molar-refractivity contribution in [1.82, 2.24) is 15.3 Å². The topological polar surface area (TPSA) is 93.2 Å². The zero-order chi connectivity index (χ0) is 16.2. The SMILES string of the molecule is CC(Cc1cnccn1)NC(=O)c1ccc2c(c1)OCC(=O)N2. The number of anilines is 1. The molecule has 0 spiro atoms. The van der Waals surface area contributed by atoms with Crippen LogP contribution in [0.4, 0.5) is 5.69 Å². The van der Waals surface area contributed by atoms with Crippen molar-refractivity contribution in [2.45, 2.75) is 19.4 Å². The second-order valence-corrected chi connectivity index (χ2v) is 5.32. The minimum atomic E-state index is -0.204. The monoisotopic (exact) mass is 312 g/mol. The highest BCUT2D eigenvalue weighted by atomic mass is 16.5. The number of nitrogens with one attached hydrogen (secondary N) is 2. The molecular weight excluding hydrogens is 296 g/mol. The molecule has 23 heavy (non-hydrogen) atoms. The molecule has 118 valence electrons. The van der Waals surface area contributed by atoms with Gasteiger partial charge in [-0.1, -0.05) is 0 Å². The Morgan fingerprint density at radius 2 is 2.30 bits per heavy atom. The molecule has 0 aliphatic carbocycles. The molecule has 0 fully saturated rings. The van der Waals surface area contributed by atoms with Gasteiger partial charge in [-0.25, -0.2) is 0 Å². The van der Waals surface area contributed by atoms with Crippen LogP contribution in [0.2, 0.25) is 0 Å². The summed E-state index contributed by atoms with van der Waals surface area (Å²) in [6, 6.07) is 4.85. The second kappa shape index (κ2) is 6.43. The van der Waals surface area contributed by atoms with E-state index in [1.54, 1.807) is 36.8 Å². The third-order valence-electron chi connectivity index (χ3n) is 3.39. The van der Waals surface area contributed by atoms with Gasteiger partial charge in [0.15, 0.2) is 6.61 Å². The Morgan fingerprint density at radius 1 is 1.43 bits per heavy atom. The summed E-state index contributed by atoms with van der Waals surface area (Å²) in [4.78, 5) is 31.7. The molecule has 2 N–H and O–H groups in total. The number of amides is 2. The fraction of sp³-hybridized carbons (Fsp3) is 0.250. The summed E-state index contributed by atoms with van der Waals surface area (Å²) >= 11 is 0. The van der Waals surface area contributed by atoms with Crippen molar-refractivity contribution in [2.75, 3.05) is 11.9 Å². The van der Waals surface area contributed by atoms with Crippen molar-refractivity contribution < 1.29 is 14.3 Å². The van der Waals surface area contributed by atoms with E-state index in [4.69, 9.17) is 4.74 Å². The molecule has 1 aliphatic rings. The summed E-state index contributed by atoms with van der Waals surface area (Å²) in [5.41, 5.74) is 1.87. The Kier molecular flexibility index (Phi) is 4.18. The summed E-state index contributed by atoms with van der Waals surface area (Å²) in [6.07, 6.45) is 5.51. The Hall–Kier alpha value is -2.96. The number of ether oxygens (including phenoxy) is 1. The minimum Gasteiger partial charge on any atom is -0.482 e. The smallest absolute Gasteiger partial charge is 0.262 e. The van der Waals surface area contributed by atoms with Gasteiger partial charge in [0.05, 0.1) is 11.4 Å². The van der Waals surface area contributed by atoms with Crippen molar-refractivity contribution in [2.24, 2.45) is 0 Å². The number of rotatable bonds is 4. The molecule has 1 aromatic carbocycles. The van der Waals surface area contributed by atoms with E-state index in [0.29, 0.717) is 23.4 Å². The van der Waals surface area contributed by atoms with Crippen molar-refractivity contribution in [3.63, 3.8) is 0 Å². The first kappa shape index (κ1) is 15.0. The lowest BCUT2D eigenvalue weighted by Crippen LogP contribution is -2.34. The number of carbonyl (C=O) groups is 2. The molecular formula is C16H16N4O3. The quantitative estimate of drug-likeness (QED) is 0.884. The van der Waals surface area contributed by atoms with E-state index in [1.807, 2.05) is 6.92 Å². The van der Waals surface area contributed by atoms with Gasteiger partial charge in [-0.2, -0.15) is 0 Å². The van der Waals surface area contributed by atoms with Crippen molar-refractivity contribution in [1.29, 1.82) is 0 Å². The zero-order valence-electron chi connectivity index (χ0n) is 12.6. The molecule has 2 heterocycles. The lowest BCUT2D eigenvalue weighted by atomic mass is 10.1. The molecule has 1 unspecified atom stereocenters. The molecule has 2 amide bonds. The number of carbonyl (C=O) groups excluding carboxylic acids is 2. The molecule has 7 nitrogen and oxygen atoms in total. The fourth-order valence-corrected chi connectivity index (χ4v) is 2.32. The molecule has 0 saturated carbocycles. The van der Waals surface area contributed by atoms with Gasteiger partial charge in [0, 0.05) is 36.6 Å². The number of hydrogen-bond acceptors (Lipinski definition) is 5. The predicted octanol–water partition coefficient (Wildman–Crippen LogP) is 1.17. The molecule has 0 bridgehead atoms. The zero-order valence-corrected chi connectivity index (χ0v) is 12.6.